The van der Waals surface area contributed by atoms with Gasteiger partial charge in [-0.25, -0.2) is 0 Å². The number of hydrogen-bond acceptors (Lipinski definition) is 4. The van der Waals surface area contributed by atoms with E-state index in [-0.39, 0.29) is 24.5 Å². The Labute approximate surface area is 165 Å². The summed E-state index contributed by atoms with van der Waals surface area (Å²) in [4.78, 5) is 29.2. The van der Waals surface area contributed by atoms with Crippen LogP contribution in [0.15, 0.2) is 24.3 Å². The average Bonchev–Trinajstić information content (AvgIpc) is 3.17. The normalized spacial score (nSPS) is 19.9. The van der Waals surface area contributed by atoms with Crippen molar-refractivity contribution < 1.29 is 14.3 Å². The van der Waals surface area contributed by atoms with Gasteiger partial charge in [0.1, 0.15) is 6.61 Å². The lowest BCUT2D eigenvalue weighted by Crippen LogP contribution is -2.57. The summed E-state index contributed by atoms with van der Waals surface area (Å²) < 4.78 is 4.95. The molecule has 1 heterocycles. The first-order valence-electron chi connectivity index (χ1n) is 9.65. The molecular formula is C20H28ClN3O3. The number of carbonyl (C=O) groups excluding carboxylic acids is 2. The van der Waals surface area contributed by atoms with Crippen LogP contribution in [0.4, 0.5) is 5.69 Å². The molecule has 1 saturated carbocycles. The molecule has 2 aliphatic rings. The monoisotopic (exact) mass is 393 g/mol. The number of nitrogens with one attached hydrogen (secondary N) is 1. The number of nitrogens with zero attached hydrogens (tertiary/aromatic N) is 2. The lowest BCUT2D eigenvalue weighted by atomic mass is 9.95. The second-order valence-electron chi connectivity index (χ2n) is 7.34. The quantitative estimate of drug-likeness (QED) is 0.807. The van der Waals surface area contributed by atoms with Crippen LogP contribution in [0.1, 0.15) is 25.7 Å². The molecule has 1 unspecified atom stereocenters. The van der Waals surface area contributed by atoms with Gasteiger partial charge in [0.2, 0.25) is 11.8 Å². The second kappa shape index (κ2) is 9.53. The summed E-state index contributed by atoms with van der Waals surface area (Å²) in [5, 5.41) is 3.65. The summed E-state index contributed by atoms with van der Waals surface area (Å²) in [6.07, 6.45) is 4.52. The lowest BCUT2D eigenvalue weighted by molar-refractivity contribution is -0.138. The predicted molar refractivity (Wildman–Crippen MR) is 106 cm³/mol. The first-order valence-corrected chi connectivity index (χ1v) is 10.0. The Morgan fingerprint density at radius 2 is 1.93 bits per heavy atom. The minimum Gasteiger partial charge on any atom is -0.375 e. The maximum Gasteiger partial charge on any atom is 0.248 e. The maximum absolute atomic E-state index is 13.1. The second-order valence-corrected chi connectivity index (χ2v) is 7.78. The highest BCUT2D eigenvalue weighted by Gasteiger charge is 2.37. The summed E-state index contributed by atoms with van der Waals surface area (Å²) in [6, 6.07) is 7.10. The van der Waals surface area contributed by atoms with E-state index in [0.717, 1.165) is 18.5 Å². The minimum absolute atomic E-state index is 0.0120. The van der Waals surface area contributed by atoms with Crippen molar-refractivity contribution in [2.24, 2.45) is 5.92 Å². The number of benzene rings is 1. The summed E-state index contributed by atoms with van der Waals surface area (Å²) in [5.41, 5.74) is 0.726. The van der Waals surface area contributed by atoms with Gasteiger partial charge < -0.3 is 15.0 Å². The van der Waals surface area contributed by atoms with Crippen LogP contribution in [0.25, 0.3) is 0 Å². The fourth-order valence-corrected chi connectivity index (χ4v) is 4.39. The molecule has 3 rings (SSSR count). The van der Waals surface area contributed by atoms with E-state index in [9.17, 15) is 9.59 Å². The largest absolute Gasteiger partial charge is 0.375 e. The van der Waals surface area contributed by atoms with Crippen molar-refractivity contribution in [1.82, 2.24) is 9.80 Å². The van der Waals surface area contributed by atoms with Crippen molar-refractivity contribution >= 4 is 29.1 Å². The zero-order valence-corrected chi connectivity index (χ0v) is 16.6. The highest BCUT2D eigenvalue weighted by molar-refractivity contribution is 6.30. The molecular weight excluding hydrogens is 366 g/mol. The van der Waals surface area contributed by atoms with Crippen LogP contribution in [0, 0.1) is 5.92 Å². The molecule has 1 N–H and O–H groups in total. The van der Waals surface area contributed by atoms with Crippen molar-refractivity contribution in [2.45, 2.75) is 31.7 Å². The number of hydrogen-bond donors (Lipinski definition) is 1. The number of piperazine rings is 1. The molecule has 2 amide bonds. The number of rotatable bonds is 6. The highest BCUT2D eigenvalue weighted by atomic mass is 35.5. The van der Waals surface area contributed by atoms with Gasteiger partial charge in [-0.3, -0.25) is 14.5 Å². The summed E-state index contributed by atoms with van der Waals surface area (Å²) >= 11 is 6.05. The molecule has 1 aliphatic heterocycles. The van der Waals surface area contributed by atoms with E-state index in [2.05, 4.69) is 10.2 Å². The van der Waals surface area contributed by atoms with Gasteiger partial charge in [0, 0.05) is 44.0 Å². The first-order chi connectivity index (χ1) is 13.1. The van der Waals surface area contributed by atoms with Crippen LogP contribution in [-0.2, 0) is 14.3 Å². The average molecular weight is 394 g/mol. The van der Waals surface area contributed by atoms with Crippen molar-refractivity contribution in [1.29, 1.82) is 0 Å². The smallest absolute Gasteiger partial charge is 0.248 e. The Morgan fingerprint density at radius 1 is 1.22 bits per heavy atom. The van der Waals surface area contributed by atoms with Crippen LogP contribution in [-0.4, -0.2) is 67.6 Å². The summed E-state index contributed by atoms with van der Waals surface area (Å²) in [7, 11) is 1.53. The number of carbonyl (C=O) groups is 2. The van der Waals surface area contributed by atoms with Crippen LogP contribution in [0.2, 0.25) is 5.02 Å². The van der Waals surface area contributed by atoms with Crippen molar-refractivity contribution in [3.05, 3.63) is 29.3 Å². The Kier molecular flexibility index (Phi) is 7.10. The molecule has 2 fully saturated rings. The van der Waals surface area contributed by atoms with Gasteiger partial charge in [-0.1, -0.05) is 30.5 Å². The molecule has 6 nitrogen and oxygen atoms in total. The van der Waals surface area contributed by atoms with Crippen LogP contribution in [0.5, 0.6) is 0 Å². The topological polar surface area (TPSA) is 61.9 Å². The number of amides is 2. The van der Waals surface area contributed by atoms with Crippen LogP contribution in [0.3, 0.4) is 0 Å². The van der Waals surface area contributed by atoms with E-state index in [0.29, 0.717) is 37.1 Å². The Morgan fingerprint density at radius 3 is 2.56 bits per heavy atom. The van der Waals surface area contributed by atoms with E-state index in [1.54, 1.807) is 12.1 Å². The van der Waals surface area contributed by atoms with Gasteiger partial charge in [0.05, 0.1) is 6.04 Å². The van der Waals surface area contributed by atoms with Crippen molar-refractivity contribution in [3.8, 4) is 0 Å². The fraction of sp³-hybridized carbons (Fsp3) is 0.600. The standard InChI is InChI=1S/C20H28ClN3O3/c1-27-14-18(25)23-9-11-24(12-10-23)19(15-5-2-3-6-15)20(26)22-17-8-4-7-16(21)13-17/h4,7-8,13,15,19H,2-3,5-6,9-12,14H2,1H3,(H,22,26). The van der Waals surface area contributed by atoms with Gasteiger partial charge >= 0.3 is 0 Å². The lowest BCUT2D eigenvalue weighted by Gasteiger charge is -2.40. The third-order valence-electron chi connectivity index (χ3n) is 5.54. The van der Waals surface area contributed by atoms with E-state index < -0.39 is 0 Å². The van der Waals surface area contributed by atoms with E-state index in [1.807, 2.05) is 17.0 Å². The molecule has 0 bridgehead atoms. The molecule has 0 aromatic heterocycles. The molecule has 1 aromatic carbocycles. The zero-order chi connectivity index (χ0) is 19.2. The molecule has 1 atom stereocenters. The van der Waals surface area contributed by atoms with Gasteiger partial charge in [-0.05, 0) is 37.0 Å². The van der Waals surface area contributed by atoms with Gasteiger partial charge in [-0.2, -0.15) is 0 Å². The summed E-state index contributed by atoms with van der Waals surface area (Å²) in [6.45, 7) is 2.80. The maximum atomic E-state index is 13.1. The molecule has 0 radical (unpaired) electrons. The highest BCUT2D eigenvalue weighted by Crippen LogP contribution is 2.31. The molecule has 27 heavy (non-hydrogen) atoms. The molecule has 1 saturated heterocycles. The molecule has 1 aliphatic carbocycles. The molecule has 148 valence electrons. The number of anilines is 1. The third-order valence-corrected chi connectivity index (χ3v) is 5.77. The van der Waals surface area contributed by atoms with Crippen LogP contribution < -0.4 is 5.32 Å². The van der Waals surface area contributed by atoms with E-state index in [1.165, 1.54) is 20.0 Å². The van der Waals surface area contributed by atoms with Gasteiger partial charge in [0.25, 0.3) is 0 Å². The number of halogens is 1. The molecule has 0 spiro atoms. The Balaban J connectivity index is 1.67. The van der Waals surface area contributed by atoms with E-state index in [4.69, 9.17) is 16.3 Å². The Hall–Kier alpha value is -1.63. The van der Waals surface area contributed by atoms with Crippen molar-refractivity contribution in [2.75, 3.05) is 45.2 Å². The third kappa shape index (κ3) is 5.21. The predicted octanol–water partition coefficient (Wildman–Crippen LogP) is 2.63. The Bertz CT molecular complexity index is 656. The molecule has 1 aromatic rings. The number of ether oxygens (including phenoxy) is 1. The number of methoxy groups -OCH3 is 1. The SMILES string of the molecule is COCC(=O)N1CCN(C(C(=O)Nc2cccc(Cl)c2)C2CCCC2)CC1. The fourth-order valence-electron chi connectivity index (χ4n) is 4.20. The minimum atomic E-state index is -0.161. The van der Waals surface area contributed by atoms with Gasteiger partial charge in [0.15, 0.2) is 0 Å². The van der Waals surface area contributed by atoms with Crippen LogP contribution >= 0.6 is 11.6 Å². The first kappa shape index (κ1) is 20.1. The molecule has 7 heteroatoms. The van der Waals surface area contributed by atoms with E-state index >= 15 is 0 Å². The van der Waals surface area contributed by atoms with Gasteiger partial charge in [-0.15, -0.1) is 0 Å². The van der Waals surface area contributed by atoms with Crippen molar-refractivity contribution in [3.63, 3.8) is 0 Å². The zero-order valence-electron chi connectivity index (χ0n) is 15.8. The summed E-state index contributed by atoms with van der Waals surface area (Å²) in [5.74, 6) is 0.407.